The number of nitrogens with zero attached hydrogens (tertiary/aromatic N) is 3. The second-order valence-electron chi connectivity index (χ2n) is 6.95. The molecule has 4 rings (SSSR count). The van der Waals surface area contributed by atoms with Gasteiger partial charge in [0.25, 0.3) is 5.91 Å². The number of rotatable bonds is 4. The first-order valence-electron chi connectivity index (χ1n) is 9.46. The zero-order chi connectivity index (χ0) is 19.3. The van der Waals surface area contributed by atoms with Gasteiger partial charge in [-0.25, -0.2) is 4.98 Å². The molecule has 1 fully saturated rings. The molecule has 3 aromatic rings. The van der Waals surface area contributed by atoms with Crippen LogP contribution in [0.2, 0.25) is 5.02 Å². The van der Waals surface area contributed by atoms with E-state index < -0.39 is 0 Å². The second-order valence-corrected chi connectivity index (χ2v) is 8.25. The predicted octanol–water partition coefficient (Wildman–Crippen LogP) is 4.81. The van der Waals surface area contributed by atoms with Crippen LogP contribution in [-0.4, -0.2) is 46.9 Å². The van der Waals surface area contributed by atoms with Crippen LogP contribution in [0.3, 0.4) is 0 Å². The molecule has 2 aromatic carbocycles. The van der Waals surface area contributed by atoms with E-state index in [4.69, 9.17) is 11.6 Å². The Hall–Kier alpha value is -2.21. The lowest BCUT2D eigenvalue weighted by atomic mass is 10.2. The molecule has 4 nitrogen and oxygen atoms in total. The molecule has 0 radical (unpaired) electrons. The van der Waals surface area contributed by atoms with Crippen LogP contribution in [0.15, 0.2) is 60.0 Å². The summed E-state index contributed by atoms with van der Waals surface area (Å²) in [4.78, 5) is 21.9. The molecule has 0 saturated carbocycles. The molecule has 0 spiro atoms. The number of hydrogen-bond donors (Lipinski definition) is 0. The van der Waals surface area contributed by atoms with Crippen molar-refractivity contribution in [3.63, 3.8) is 0 Å². The third kappa shape index (κ3) is 4.61. The highest BCUT2D eigenvalue weighted by Gasteiger charge is 2.22. The Bertz CT molecular complexity index is 926. The Morgan fingerprint density at radius 3 is 2.57 bits per heavy atom. The average Bonchev–Trinajstić information content (AvgIpc) is 3.10. The van der Waals surface area contributed by atoms with E-state index in [1.165, 1.54) is 16.9 Å². The van der Waals surface area contributed by atoms with Crippen molar-refractivity contribution in [3.8, 4) is 10.6 Å². The number of amides is 1. The van der Waals surface area contributed by atoms with Gasteiger partial charge in [-0.3, -0.25) is 9.69 Å². The van der Waals surface area contributed by atoms with Crippen molar-refractivity contribution in [2.24, 2.45) is 0 Å². The van der Waals surface area contributed by atoms with Gasteiger partial charge in [0, 0.05) is 48.7 Å². The highest BCUT2D eigenvalue weighted by Crippen LogP contribution is 2.25. The fraction of sp³-hybridized carbons (Fsp3) is 0.273. The first-order chi connectivity index (χ1) is 13.7. The van der Waals surface area contributed by atoms with E-state index in [0.717, 1.165) is 49.7 Å². The molecule has 0 aliphatic carbocycles. The van der Waals surface area contributed by atoms with Crippen molar-refractivity contribution in [1.29, 1.82) is 0 Å². The maximum absolute atomic E-state index is 12.9. The molecule has 1 aliphatic rings. The van der Waals surface area contributed by atoms with E-state index >= 15 is 0 Å². The Morgan fingerprint density at radius 2 is 1.79 bits per heavy atom. The van der Waals surface area contributed by atoms with Gasteiger partial charge in [0.05, 0.1) is 0 Å². The zero-order valence-corrected chi connectivity index (χ0v) is 17.1. The van der Waals surface area contributed by atoms with Gasteiger partial charge in [-0.1, -0.05) is 54.1 Å². The number of benzene rings is 2. The lowest BCUT2D eigenvalue weighted by molar-refractivity contribution is 0.0756. The van der Waals surface area contributed by atoms with Crippen LogP contribution >= 0.6 is 22.9 Å². The molecule has 28 heavy (non-hydrogen) atoms. The van der Waals surface area contributed by atoms with Gasteiger partial charge in [-0.2, -0.15) is 0 Å². The van der Waals surface area contributed by atoms with Crippen LogP contribution < -0.4 is 0 Å². The van der Waals surface area contributed by atoms with Crippen LogP contribution in [-0.2, 0) is 6.54 Å². The summed E-state index contributed by atoms with van der Waals surface area (Å²) < 4.78 is 0. The van der Waals surface area contributed by atoms with Gasteiger partial charge in [0.15, 0.2) is 0 Å². The maximum Gasteiger partial charge on any atom is 0.273 e. The van der Waals surface area contributed by atoms with E-state index in [1.54, 1.807) is 0 Å². The summed E-state index contributed by atoms with van der Waals surface area (Å²) in [5, 5.41) is 3.40. The first kappa shape index (κ1) is 19.1. The molecule has 0 bridgehead atoms. The third-order valence-electron chi connectivity index (χ3n) is 4.94. The molecule has 0 atom stereocenters. The Labute approximate surface area is 174 Å². The van der Waals surface area contributed by atoms with E-state index in [-0.39, 0.29) is 5.91 Å². The summed E-state index contributed by atoms with van der Waals surface area (Å²) in [7, 11) is 0. The van der Waals surface area contributed by atoms with E-state index in [1.807, 2.05) is 40.6 Å². The summed E-state index contributed by atoms with van der Waals surface area (Å²) in [5.41, 5.74) is 2.83. The van der Waals surface area contributed by atoms with Crippen molar-refractivity contribution in [1.82, 2.24) is 14.8 Å². The Balaban J connectivity index is 1.39. The monoisotopic (exact) mass is 411 g/mol. The topological polar surface area (TPSA) is 36.4 Å². The number of carbonyl (C=O) groups is 1. The number of hydrogen-bond acceptors (Lipinski definition) is 4. The Kier molecular flexibility index (Phi) is 6.05. The molecule has 1 amide bonds. The summed E-state index contributed by atoms with van der Waals surface area (Å²) in [5.74, 6) is 0.0259. The highest BCUT2D eigenvalue weighted by molar-refractivity contribution is 7.13. The van der Waals surface area contributed by atoms with Crippen molar-refractivity contribution in [3.05, 3.63) is 76.3 Å². The SMILES string of the molecule is O=C(c1csc(-c2ccc(Cl)cc2)n1)N1CCCN(Cc2ccccc2)CC1. The van der Waals surface area contributed by atoms with Crippen LogP contribution in [0.4, 0.5) is 0 Å². The van der Waals surface area contributed by atoms with Crippen molar-refractivity contribution < 1.29 is 4.79 Å². The smallest absolute Gasteiger partial charge is 0.273 e. The van der Waals surface area contributed by atoms with Gasteiger partial charge in [-0.05, 0) is 24.1 Å². The number of carbonyl (C=O) groups excluding carboxylic acids is 1. The molecule has 1 aliphatic heterocycles. The third-order valence-corrected chi connectivity index (χ3v) is 6.08. The fourth-order valence-corrected chi connectivity index (χ4v) is 4.36. The highest BCUT2D eigenvalue weighted by atomic mass is 35.5. The number of aromatic nitrogens is 1. The van der Waals surface area contributed by atoms with Crippen molar-refractivity contribution >= 4 is 28.8 Å². The van der Waals surface area contributed by atoms with Crippen LogP contribution in [0.25, 0.3) is 10.6 Å². The summed E-state index contributed by atoms with van der Waals surface area (Å²) in [6.07, 6.45) is 0.979. The lowest BCUT2D eigenvalue weighted by Gasteiger charge is -2.21. The molecular formula is C22H22ClN3OS. The summed E-state index contributed by atoms with van der Waals surface area (Å²) in [6.45, 7) is 4.33. The molecule has 6 heteroatoms. The van der Waals surface area contributed by atoms with Crippen LogP contribution in [0, 0.1) is 0 Å². The largest absolute Gasteiger partial charge is 0.336 e. The van der Waals surface area contributed by atoms with Gasteiger partial charge in [0.1, 0.15) is 10.7 Å². The van der Waals surface area contributed by atoms with E-state index in [9.17, 15) is 4.79 Å². The fourth-order valence-electron chi connectivity index (χ4n) is 3.43. The first-order valence-corrected chi connectivity index (χ1v) is 10.7. The number of halogens is 1. The maximum atomic E-state index is 12.9. The molecule has 144 valence electrons. The van der Waals surface area contributed by atoms with E-state index in [2.05, 4.69) is 34.1 Å². The minimum absolute atomic E-state index is 0.0259. The molecule has 1 saturated heterocycles. The molecule has 2 heterocycles. The van der Waals surface area contributed by atoms with Crippen LogP contribution in [0.5, 0.6) is 0 Å². The standard InChI is InChI=1S/C22H22ClN3OS/c23-19-9-7-18(8-10-19)21-24-20(16-28-21)22(27)26-12-4-11-25(13-14-26)15-17-5-2-1-3-6-17/h1-3,5-10,16H,4,11-15H2. The van der Waals surface area contributed by atoms with Crippen molar-refractivity contribution in [2.45, 2.75) is 13.0 Å². The molecular weight excluding hydrogens is 390 g/mol. The Morgan fingerprint density at radius 1 is 1.00 bits per heavy atom. The quantitative estimate of drug-likeness (QED) is 0.618. The van der Waals surface area contributed by atoms with Gasteiger partial charge in [0.2, 0.25) is 0 Å². The predicted molar refractivity (Wildman–Crippen MR) is 115 cm³/mol. The van der Waals surface area contributed by atoms with E-state index in [0.29, 0.717) is 10.7 Å². The van der Waals surface area contributed by atoms with Crippen molar-refractivity contribution in [2.75, 3.05) is 26.2 Å². The lowest BCUT2D eigenvalue weighted by Crippen LogP contribution is -2.35. The summed E-state index contributed by atoms with van der Waals surface area (Å²) >= 11 is 7.45. The minimum Gasteiger partial charge on any atom is -0.336 e. The average molecular weight is 412 g/mol. The van der Waals surface area contributed by atoms with Crippen LogP contribution in [0.1, 0.15) is 22.5 Å². The molecule has 0 N–H and O–H groups in total. The zero-order valence-electron chi connectivity index (χ0n) is 15.6. The van der Waals surface area contributed by atoms with Gasteiger partial charge in [-0.15, -0.1) is 11.3 Å². The molecule has 0 unspecified atom stereocenters. The van der Waals surface area contributed by atoms with Gasteiger partial charge >= 0.3 is 0 Å². The summed E-state index contributed by atoms with van der Waals surface area (Å²) in [6, 6.07) is 18.0. The normalized spacial score (nSPS) is 15.4. The minimum atomic E-state index is 0.0259. The second kappa shape index (κ2) is 8.86. The van der Waals surface area contributed by atoms with Gasteiger partial charge < -0.3 is 4.90 Å². The number of thiazole rings is 1. The molecule has 1 aromatic heterocycles.